The number of nitrogens with one attached hydrogen (secondary N) is 1. The summed E-state index contributed by atoms with van der Waals surface area (Å²) in [4.78, 5) is 22.6. The van der Waals surface area contributed by atoms with E-state index in [9.17, 15) is 9.18 Å². The summed E-state index contributed by atoms with van der Waals surface area (Å²) in [6.07, 6.45) is 2.15. The first-order chi connectivity index (χ1) is 14.2. The molecule has 2 N–H and O–H groups in total. The van der Waals surface area contributed by atoms with Gasteiger partial charge in [-0.05, 0) is 35.2 Å². The molecular formula is C22H21FN4O2. The highest BCUT2D eigenvalue weighted by Crippen LogP contribution is 2.27. The van der Waals surface area contributed by atoms with Gasteiger partial charge >= 0.3 is 0 Å². The van der Waals surface area contributed by atoms with Crippen molar-refractivity contribution in [1.29, 1.82) is 0 Å². The third-order valence-corrected chi connectivity index (χ3v) is 5.02. The van der Waals surface area contributed by atoms with Gasteiger partial charge in [-0.3, -0.25) is 4.79 Å². The predicted molar refractivity (Wildman–Crippen MR) is 108 cm³/mol. The number of aliphatic hydroxyl groups excluding tert-OH is 1. The summed E-state index contributed by atoms with van der Waals surface area (Å²) in [5.74, 6) is 0.165. The molecule has 0 saturated carbocycles. The Bertz CT molecular complexity index is 1030. The molecule has 0 atom stereocenters. The van der Waals surface area contributed by atoms with Crippen LogP contribution in [-0.4, -0.2) is 34.0 Å². The van der Waals surface area contributed by atoms with Gasteiger partial charge in [0.15, 0.2) is 5.78 Å². The summed E-state index contributed by atoms with van der Waals surface area (Å²) in [5.41, 5.74) is 2.43. The Morgan fingerprint density at radius 1 is 1.17 bits per heavy atom. The number of hydrogen-bond acceptors (Lipinski definition) is 6. The number of fused-ring (bicyclic) bond motifs is 1. The lowest BCUT2D eigenvalue weighted by Crippen LogP contribution is -2.33. The number of aromatic nitrogens is 2. The molecule has 0 radical (unpaired) electrons. The molecule has 2 heterocycles. The largest absolute Gasteiger partial charge is 0.388 e. The van der Waals surface area contributed by atoms with E-state index in [2.05, 4.69) is 15.3 Å². The molecule has 1 aliphatic rings. The van der Waals surface area contributed by atoms with E-state index in [1.54, 1.807) is 12.3 Å². The zero-order valence-corrected chi connectivity index (χ0v) is 15.8. The van der Waals surface area contributed by atoms with E-state index in [1.807, 2.05) is 41.3 Å². The molecule has 29 heavy (non-hydrogen) atoms. The molecule has 7 heteroatoms. The van der Waals surface area contributed by atoms with E-state index in [0.717, 1.165) is 16.9 Å². The fourth-order valence-corrected chi connectivity index (χ4v) is 3.47. The van der Waals surface area contributed by atoms with E-state index in [4.69, 9.17) is 5.11 Å². The van der Waals surface area contributed by atoms with E-state index in [1.165, 1.54) is 6.07 Å². The number of rotatable bonds is 6. The molecule has 0 aliphatic carbocycles. The number of aliphatic hydroxyl groups is 1. The summed E-state index contributed by atoms with van der Waals surface area (Å²) >= 11 is 0. The Labute approximate surface area is 168 Å². The monoisotopic (exact) mass is 392 g/mol. The molecule has 0 amide bonds. The number of nitrogens with zero attached hydrogens (tertiary/aromatic N) is 3. The second kappa shape index (κ2) is 8.36. The molecule has 0 spiro atoms. The number of halogens is 1. The lowest BCUT2D eigenvalue weighted by molar-refractivity contribution is 0.0899. The first-order valence-electron chi connectivity index (χ1n) is 9.46. The molecule has 6 nitrogen and oxygen atoms in total. The Balaban J connectivity index is 1.49. The van der Waals surface area contributed by atoms with Crippen LogP contribution < -0.4 is 10.2 Å². The van der Waals surface area contributed by atoms with Crippen molar-refractivity contribution in [3.05, 3.63) is 82.8 Å². The standard InChI is InChI=1S/C22H21FN4O2/c23-21-17-9-11-27(13-16(17)6-7-18(21)19(29)14-28)22-24-10-8-20(26-22)25-12-15-4-2-1-3-5-15/h1-8,10,28H,9,11-14H2,(H,24,25,26). The molecule has 0 saturated heterocycles. The number of Topliss-reactive ketones (excluding diaryl/α,β-unsaturated/α-hetero) is 1. The third-order valence-electron chi connectivity index (χ3n) is 5.02. The SMILES string of the molecule is O=C(CO)c1ccc2c(c1F)CCN(c1nccc(NCc3ccccc3)n1)C2. The summed E-state index contributed by atoms with van der Waals surface area (Å²) in [6, 6.07) is 15.0. The number of benzene rings is 2. The quantitative estimate of drug-likeness (QED) is 0.628. The fraction of sp³-hybridized carbons (Fsp3) is 0.227. The second-order valence-corrected chi connectivity index (χ2v) is 6.90. The highest BCUT2D eigenvalue weighted by molar-refractivity contribution is 5.97. The van der Waals surface area contributed by atoms with Gasteiger partial charge in [-0.15, -0.1) is 0 Å². The van der Waals surface area contributed by atoms with E-state index in [-0.39, 0.29) is 5.56 Å². The molecule has 0 unspecified atom stereocenters. The van der Waals surface area contributed by atoms with Gasteiger partial charge in [-0.1, -0.05) is 36.4 Å². The van der Waals surface area contributed by atoms with Crippen molar-refractivity contribution in [1.82, 2.24) is 9.97 Å². The van der Waals surface area contributed by atoms with Crippen LogP contribution in [0.25, 0.3) is 0 Å². The van der Waals surface area contributed by atoms with E-state index < -0.39 is 18.2 Å². The van der Waals surface area contributed by atoms with Gasteiger partial charge in [0.05, 0.1) is 5.56 Å². The molecule has 0 fully saturated rings. The predicted octanol–water partition coefficient (Wildman–Crippen LogP) is 2.97. The van der Waals surface area contributed by atoms with Crippen molar-refractivity contribution in [3.63, 3.8) is 0 Å². The van der Waals surface area contributed by atoms with Crippen LogP contribution in [0.2, 0.25) is 0 Å². The van der Waals surface area contributed by atoms with Crippen LogP contribution in [0.4, 0.5) is 16.2 Å². The molecule has 1 aromatic heterocycles. The Kier molecular flexibility index (Phi) is 5.48. The molecule has 1 aliphatic heterocycles. The summed E-state index contributed by atoms with van der Waals surface area (Å²) < 4.78 is 14.7. The van der Waals surface area contributed by atoms with Gasteiger partial charge in [0.2, 0.25) is 5.95 Å². The van der Waals surface area contributed by atoms with Crippen molar-refractivity contribution in [2.45, 2.75) is 19.5 Å². The normalized spacial score (nSPS) is 13.1. The van der Waals surface area contributed by atoms with Crippen LogP contribution in [0.1, 0.15) is 27.0 Å². The Morgan fingerprint density at radius 2 is 2.00 bits per heavy atom. The topological polar surface area (TPSA) is 78.3 Å². The molecule has 0 bridgehead atoms. The molecule has 2 aromatic carbocycles. The summed E-state index contributed by atoms with van der Waals surface area (Å²) in [5, 5.41) is 12.3. The van der Waals surface area contributed by atoms with Gasteiger partial charge < -0.3 is 15.3 Å². The van der Waals surface area contributed by atoms with Crippen molar-refractivity contribution in [2.75, 3.05) is 23.4 Å². The van der Waals surface area contributed by atoms with Gasteiger partial charge in [0.1, 0.15) is 18.2 Å². The fourth-order valence-electron chi connectivity index (χ4n) is 3.47. The van der Waals surface area contributed by atoms with Gasteiger partial charge in [-0.25, -0.2) is 9.37 Å². The maximum atomic E-state index is 14.7. The minimum absolute atomic E-state index is 0.0527. The minimum Gasteiger partial charge on any atom is -0.388 e. The highest BCUT2D eigenvalue weighted by Gasteiger charge is 2.24. The smallest absolute Gasteiger partial charge is 0.227 e. The highest BCUT2D eigenvalue weighted by atomic mass is 19.1. The number of hydrogen-bond donors (Lipinski definition) is 2. The van der Waals surface area contributed by atoms with Crippen molar-refractivity contribution in [2.24, 2.45) is 0 Å². The zero-order chi connectivity index (χ0) is 20.2. The molecule has 3 aromatic rings. The van der Waals surface area contributed by atoms with E-state index >= 15 is 0 Å². The number of anilines is 2. The van der Waals surface area contributed by atoms with Crippen molar-refractivity contribution in [3.8, 4) is 0 Å². The zero-order valence-electron chi connectivity index (χ0n) is 15.8. The van der Waals surface area contributed by atoms with Crippen LogP contribution in [0, 0.1) is 5.82 Å². The minimum atomic E-state index is -0.696. The summed E-state index contributed by atoms with van der Waals surface area (Å²) in [6.45, 7) is 0.969. The first-order valence-corrected chi connectivity index (χ1v) is 9.46. The molecule has 4 rings (SSSR count). The van der Waals surface area contributed by atoms with Crippen molar-refractivity contribution < 1.29 is 14.3 Å². The van der Waals surface area contributed by atoms with Crippen molar-refractivity contribution >= 4 is 17.5 Å². The average Bonchev–Trinajstić information content (AvgIpc) is 2.78. The lowest BCUT2D eigenvalue weighted by atomic mass is 9.95. The molecule has 148 valence electrons. The summed E-state index contributed by atoms with van der Waals surface area (Å²) in [7, 11) is 0. The molecular weight excluding hydrogens is 371 g/mol. The second-order valence-electron chi connectivity index (χ2n) is 6.90. The van der Waals surface area contributed by atoms with Gasteiger partial charge in [-0.2, -0.15) is 4.98 Å². The Morgan fingerprint density at radius 3 is 2.79 bits per heavy atom. The van der Waals surface area contributed by atoms with Crippen LogP contribution in [-0.2, 0) is 19.5 Å². The average molecular weight is 392 g/mol. The first kappa shape index (κ1) is 19.0. The number of carbonyl (C=O) groups is 1. The van der Waals surface area contributed by atoms with Crippen LogP contribution in [0.5, 0.6) is 0 Å². The van der Waals surface area contributed by atoms with Crippen LogP contribution >= 0.6 is 0 Å². The number of ketones is 1. The maximum Gasteiger partial charge on any atom is 0.227 e. The van der Waals surface area contributed by atoms with Crippen LogP contribution in [0.15, 0.2) is 54.7 Å². The van der Waals surface area contributed by atoms with E-state index in [0.29, 0.717) is 37.6 Å². The number of carbonyl (C=O) groups excluding carboxylic acids is 1. The van der Waals surface area contributed by atoms with Gasteiger partial charge in [0.25, 0.3) is 0 Å². The lowest BCUT2D eigenvalue weighted by Gasteiger charge is -2.29. The third kappa shape index (κ3) is 4.09. The maximum absolute atomic E-state index is 14.7. The Hall–Kier alpha value is -3.32. The van der Waals surface area contributed by atoms with Gasteiger partial charge in [0, 0.05) is 25.8 Å². The van der Waals surface area contributed by atoms with Crippen LogP contribution in [0.3, 0.4) is 0 Å².